The summed E-state index contributed by atoms with van der Waals surface area (Å²) >= 11 is 0. The molecule has 0 aromatic heterocycles. The number of carbonyl (C=O) groups excluding carboxylic acids is 1. The van der Waals surface area contributed by atoms with Crippen LogP contribution in [0.3, 0.4) is 0 Å². The van der Waals surface area contributed by atoms with Crippen LogP contribution in [0.2, 0.25) is 0 Å². The lowest BCUT2D eigenvalue weighted by Crippen LogP contribution is -2.53. The summed E-state index contributed by atoms with van der Waals surface area (Å²) in [6.45, 7) is 2.67. The van der Waals surface area contributed by atoms with E-state index in [0.29, 0.717) is 13.1 Å². The van der Waals surface area contributed by atoms with Crippen LogP contribution in [0.4, 0.5) is 0 Å². The summed E-state index contributed by atoms with van der Waals surface area (Å²) in [5.41, 5.74) is 0.376. The van der Waals surface area contributed by atoms with Gasteiger partial charge in [0.25, 0.3) is 0 Å². The molecule has 2 aliphatic rings. The van der Waals surface area contributed by atoms with Gasteiger partial charge < -0.3 is 10.4 Å². The summed E-state index contributed by atoms with van der Waals surface area (Å²) in [6, 6.07) is 10.2. The number of nitrogens with zero attached hydrogens (tertiary/aromatic N) is 1. The number of nitrogens with one attached hydrogen (secondary N) is 1. The lowest BCUT2D eigenvalue weighted by atomic mass is 9.83. The highest BCUT2D eigenvalue weighted by molar-refractivity contribution is 5.82. The third-order valence-electron chi connectivity index (χ3n) is 4.01. The molecule has 1 aromatic carbocycles. The molecule has 96 valence electrons. The van der Waals surface area contributed by atoms with Crippen LogP contribution in [-0.4, -0.2) is 41.1 Å². The second kappa shape index (κ2) is 4.37. The molecule has 1 aromatic rings. The van der Waals surface area contributed by atoms with Crippen molar-refractivity contribution in [2.75, 3.05) is 19.6 Å². The van der Waals surface area contributed by atoms with Gasteiger partial charge in [0.05, 0.1) is 5.92 Å². The summed E-state index contributed by atoms with van der Waals surface area (Å²) in [4.78, 5) is 13.8. The predicted octanol–water partition coefficient (Wildman–Crippen LogP) is 0.369. The largest absolute Gasteiger partial charge is 0.386 e. The van der Waals surface area contributed by atoms with Gasteiger partial charge in [-0.05, 0) is 18.5 Å². The highest BCUT2D eigenvalue weighted by Gasteiger charge is 2.50. The molecule has 2 unspecified atom stereocenters. The van der Waals surface area contributed by atoms with Gasteiger partial charge in [-0.1, -0.05) is 30.3 Å². The van der Waals surface area contributed by atoms with Crippen molar-refractivity contribution < 1.29 is 9.90 Å². The summed E-state index contributed by atoms with van der Waals surface area (Å²) in [7, 11) is 0. The van der Waals surface area contributed by atoms with Gasteiger partial charge in [0.15, 0.2) is 0 Å². The highest BCUT2D eigenvalue weighted by atomic mass is 16.3. The summed E-state index contributed by atoms with van der Waals surface area (Å²) < 4.78 is 0. The highest BCUT2D eigenvalue weighted by Crippen LogP contribution is 2.32. The Morgan fingerprint density at radius 3 is 2.94 bits per heavy atom. The normalized spacial score (nSPS) is 32.1. The summed E-state index contributed by atoms with van der Waals surface area (Å²) in [5, 5.41) is 13.3. The molecule has 2 saturated heterocycles. The van der Waals surface area contributed by atoms with Gasteiger partial charge in [-0.15, -0.1) is 0 Å². The van der Waals surface area contributed by atoms with E-state index < -0.39 is 5.60 Å². The molecular weight excluding hydrogens is 228 g/mol. The lowest BCUT2D eigenvalue weighted by Gasteiger charge is -2.39. The fourth-order valence-electron chi connectivity index (χ4n) is 3.05. The first-order chi connectivity index (χ1) is 8.67. The molecule has 0 radical (unpaired) electrons. The first kappa shape index (κ1) is 11.7. The first-order valence-electron chi connectivity index (χ1n) is 6.44. The fraction of sp³-hybridized carbons (Fsp3) is 0.500. The maximum absolute atomic E-state index is 11.6. The van der Waals surface area contributed by atoms with E-state index in [-0.39, 0.29) is 11.8 Å². The van der Waals surface area contributed by atoms with Crippen molar-refractivity contribution in [3.8, 4) is 0 Å². The van der Waals surface area contributed by atoms with Crippen molar-refractivity contribution in [2.24, 2.45) is 5.92 Å². The number of β-amino-alcohol motifs (C(OH)–C–C–N with tert-alkyl or cyclic N) is 1. The van der Waals surface area contributed by atoms with Crippen LogP contribution < -0.4 is 5.32 Å². The van der Waals surface area contributed by atoms with Gasteiger partial charge in [-0.2, -0.15) is 0 Å². The minimum absolute atomic E-state index is 0.0110. The van der Waals surface area contributed by atoms with Gasteiger partial charge in [-0.3, -0.25) is 9.69 Å². The molecule has 18 heavy (non-hydrogen) atoms. The SMILES string of the molecule is O=C1NCC2(O)CN(Cc3ccccc3)CCC12. The zero-order valence-corrected chi connectivity index (χ0v) is 10.3. The number of hydrogen-bond acceptors (Lipinski definition) is 3. The van der Waals surface area contributed by atoms with Crippen LogP contribution in [0.5, 0.6) is 0 Å². The molecular formula is C14H18N2O2. The van der Waals surface area contributed by atoms with Crippen molar-refractivity contribution in [2.45, 2.75) is 18.6 Å². The molecule has 0 bridgehead atoms. The number of piperidine rings is 1. The summed E-state index contributed by atoms with van der Waals surface area (Å²) in [6.07, 6.45) is 0.745. The Balaban J connectivity index is 1.69. The Labute approximate surface area is 107 Å². The second-order valence-electron chi connectivity index (χ2n) is 5.36. The average Bonchev–Trinajstić information content (AvgIpc) is 2.66. The Bertz CT molecular complexity index is 448. The Morgan fingerprint density at radius 2 is 2.17 bits per heavy atom. The van der Waals surface area contributed by atoms with E-state index in [1.807, 2.05) is 18.2 Å². The number of aliphatic hydroxyl groups is 1. The predicted molar refractivity (Wildman–Crippen MR) is 67.8 cm³/mol. The van der Waals surface area contributed by atoms with E-state index in [9.17, 15) is 9.90 Å². The van der Waals surface area contributed by atoms with Crippen LogP contribution in [0.1, 0.15) is 12.0 Å². The van der Waals surface area contributed by atoms with Crippen LogP contribution in [0.25, 0.3) is 0 Å². The van der Waals surface area contributed by atoms with E-state index in [4.69, 9.17) is 0 Å². The van der Waals surface area contributed by atoms with Crippen LogP contribution in [-0.2, 0) is 11.3 Å². The number of fused-ring (bicyclic) bond motifs is 1. The smallest absolute Gasteiger partial charge is 0.226 e. The lowest BCUT2D eigenvalue weighted by molar-refractivity contribution is -0.129. The number of amides is 1. The maximum Gasteiger partial charge on any atom is 0.226 e. The molecule has 2 N–H and O–H groups in total. The van der Waals surface area contributed by atoms with Gasteiger partial charge in [0.1, 0.15) is 5.60 Å². The fourth-order valence-corrected chi connectivity index (χ4v) is 3.05. The molecule has 1 amide bonds. The van der Waals surface area contributed by atoms with Gasteiger partial charge in [0, 0.05) is 19.6 Å². The van der Waals surface area contributed by atoms with Gasteiger partial charge in [-0.25, -0.2) is 0 Å². The molecule has 0 aliphatic carbocycles. The first-order valence-corrected chi connectivity index (χ1v) is 6.44. The van der Waals surface area contributed by atoms with E-state index in [2.05, 4.69) is 22.3 Å². The van der Waals surface area contributed by atoms with Crippen LogP contribution in [0.15, 0.2) is 30.3 Å². The second-order valence-corrected chi connectivity index (χ2v) is 5.36. The van der Waals surface area contributed by atoms with Gasteiger partial charge >= 0.3 is 0 Å². The molecule has 0 spiro atoms. The van der Waals surface area contributed by atoms with Crippen LogP contribution >= 0.6 is 0 Å². The minimum atomic E-state index is -0.871. The third-order valence-corrected chi connectivity index (χ3v) is 4.01. The molecule has 2 fully saturated rings. The van der Waals surface area contributed by atoms with Crippen molar-refractivity contribution in [3.63, 3.8) is 0 Å². The molecule has 4 nitrogen and oxygen atoms in total. The van der Waals surface area contributed by atoms with Crippen molar-refractivity contribution in [1.82, 2.24) is 10.2 Å². The van der Waals surface area contributed by atoms with Crippen molar-refractivity contribution >= 4 is 5.91 Å². The Hall–Kier alpha value is -1.39. The monoisotopic (exact) mass is 246 g/mol. The van der Waals surface area contributed by atoms with E-state index in [1.54, 1.807) is 0 Å². The molecule has 3 rings (SSSR count). The Kier molecular flexibility index (Phi) is 2.84. The molecule has 0 saturated carbocycles. The van der Waals surface area contributed by atoms with Crippen molar-refractivity contribution in [3.05, 3.63) is 35.9 Å². The molecule has 2 heterocycles. The number of benzene rings is 1. The topological polar surface area (TPSA) is 52.6 Å². The summed E-state index contributed by atoms with van der Waals surface area (Å²) in [5.74, 6) is -0.207. The zero-order chi connectivity index (χ0) is 12.6. The number of carbonyl (C=O) groups is 1. The van der Waals surface area contributed by atoms with Gasteiger partial charge in [0.2, 0.25) is 5.91 Å². The average molecular weight is 246 g/mol. The van der Waals surface area contributed by atoms with E-state index in [1.165, 1.54) is 5.56 Å². The number of likely N-dealkylation sites (tertiary alicyclic amines) is 1. The zero-order valence-electron chi connectivity index (χ0n) is 10.3. The van der Waals surface area contributed by atoms with E-state index in [0.717, 1.165) is 19.5 Å². The Morgan fingerprint density at radius 1 is 1.39 bits per heavy atom. The number of hydrogen-bond donors (Lipinski definition) is 2. The third kappa shape index (κ3) is 2.02. The minimum Gasteiger partial charge on any atom is -0.386 e. The maximum atomic E-state index is 11.6. The standard InChI is InChI=1S/C14H18N2O2/c17-13-12-6-7-16(10-14(12,18)9-15-13)8-11-4-2-1-3-5-11/h1-5,12,18H,6-10H2,(H,15,17). The molecule has 2 atom stereocenters. The van der Waals surface area contributed by atoms with Crippen molar-refractivity contribution in [1.29, 1.82) is 0 Å². The van der Waals surface area contributed by atoms with Crippen LogP contribution in [0, 0.1) is 5.92 Å². The molecule has 4 heteroatoms. The van der Waals surface area contributed by atoms with E-state index >= 15 is 0 Å². The molecule has 2 aliphatic heterocycles. The number of rotatable bonds is 2. The quantitative estimate of drug-likeness (QED) is 0.792.